The third-order valence-corrected chi connectivity index (χ3v) is 7.83. The fourth-order valence-corrected chi connectivity index (χ4v) is 5.85. The van der Waals surface area contributed by atoms with E-state index in [0.717, 1.165) is 36.6 Å². The van der Waals surface area contributed by atoms with Gasteiger partial charge in [-0.05, 0) is 80.4 Å². The van der Waals surface area contributed by atoms with Crippen LogP contribution in [0.4, 0.5) is 0 Å². The van der Waals surface area contributed by atoms with E-state index < -0.39 is 0 Å². The van der Waals surface area contributed by atoms with Crippen LogP contribution < -0.4 is 5.32 Å². The highest BCUT2D eigenvalue weighted by Gasteiger charge is 2.19. The Morgan fingerprint density at radius 3 is 2.56 bits per heavy atom. The number of amides is 1. The van der Waals surface area contributed by atoms with E-state index in [2.05, 4.69) is 86.9 Å². The van der Waals surface area contributed by atoms with Crippen LogP contribution in [0, 0.1) is 5.92 Å². The third kappa shape index (κ3) is 5.60. The largest absolute Gasteiger partial charge is 0.355 e. The zero-order chi connectivity index (χ0) is 23.2. The van der Waals surface area contributed by atoms with Crippen molar-refractivity contribution in [3.63, 3.8) is 0 Å². The Labute approximate surface area is 206 Å². The van der Waals surface area contributed by atoms with Crippen molar-refractivity contribution in [2.45, 2.75) is 32.2 Å². The number of carbonyl (C=O) groups excluding carboxylic acids is 1. The molecule has 0 radical (unpaired) electrons. The molecule has 2 aromatic heterocycles. The lowest BCUT2D eigenvalue weighted by atomic mass is 9.90. The molecular weight excluding hydrogens is 438 g/mol. The van der Waals surface area contributed by atoms with Gasteiger partial charge in [0.25, 0.3) is 0 Å². The van der Waals surface area contributed by atoms with Gasteiger partial charge in [0, 0.05) is 17.4 Å². The van der Waals surface area contributed by atoms with Gasteiger partial charge in [-0.15, -0.1) is 11.3 Å². The van der Waals surface area contributed by atoms with E-state index in [1.807, 2.05) is 6.07 Å². The smallest absolute Gasteiger partial charge is 0.239 e. The summed E-state index contributed by atoms with van der Waals surface area (Å²) < 4.78 is 2.15. The number of para-hydroxylation sites is 1. The molecule has 5 heteroatoms. The predicted molar refractivity (Wildman–Crippen MR) is 142 cm³/mol. The Balaban J connectivity index is 1.07. The van der Waals surface area contributed by atoms with Crippen LogP contribution in [0.25, 0.3) is 21.5 Å². The standard InChI is InChI=1S/C29H33N3OS/c33-29(22-32-26-11-5-4-10-25(26)21-27(32)28-12-6-19-34-28)30-15-7-16-31-17-13-24(14-18-31)20-23-8-2-1-3-9-23/h1-6,8-12,19,21,24H,7,13-18,20,22H2,(H,30,33). The van der Waals surface area contributed by atoms with Gasteiger partial charge in [-0.1, -0.05) is 54.6 Å². The Bertz CT molecular complexity index is 1190. The van der Waals surface area contributed by atoms with E-state index in [-0.39, 0.29) is 5.91 Å². The van der Waals surface area contributed by atoms with Gasteiger partial charge >= 0.3 is 0 Å². The van der Waals surface area contributed by atoms with Gasteiger partial charge in [-0.3, -0.25) is 4.79 Å². The first-order valence-corrected chi connectivity index (χ1v) is 13.3. The minimum absolute atomic E-state index is 0.0840. The summed E-state index contributed by atoms with van der Waals surface area (Å²) in [5.74, 6) is 0.882. The van der Waals surface area contributed by atoms with E-state index in [1.165, 1.54) is 48.2 Å². The normalized spacial score (nSPS) is 15.1. The van der Waals surface area contributed by atoms with Crippen molar-refractivity contribution in [1.82, 2.24) is 14.8 Å². The molecule has 1 N–H and O–H groups in total. The maximum atomic E-state index is 12.8. The summed E-state index contributed by atoms with van der Waals surface area (Å²) in [5, 5.41) is 6.42. The number of thiophene rings is 1. The monoisotopic (exact) mass is 471 g/mol. The average Bonchev–Trinajstić information content (AvgIpc) is 3.52. The van der Waals surface area contributed by atoms with Crippen LogP contribution >= 0.6 is 11.3 Å². The Hall–Kier alpha value is -2.89. The number of carbonyl (C=O) groups is 1. The van der Waals surface area contributed by atoms with Crippen LogP contribution in [0.3, 0.4) is 0 Å². The molecular formula is C29H33N3OS. The quantitative estimate of drug-likeness (QED) is 0.312. The summed E-state index contributed by atoms with van der Waals surface area (Å²) in [6, 6.07) is 25.5. The zero-order valence-electron chi connectivity index (χ0n) is 19.7. The highest BCUT2D eigenvalue weighted by molar-refractivity contribution is 7.13. The van der Waals surface area contributed by atoms with Crippen molar-refractivity contribution in [3.05, 3.63) is 83.7 Å². The molecule has 1 aliphatic heterocycles. The van der Waals surface area contributed by atoms with Gasteiger partial charge in [0.2, 0.25) is 5.91 Å². The molecule has 34 heavy (non-hydrogen) atoms. The number of hydrogen-bond acceptors (Lipinski definition) is 3. The van der Waals surface area contributed by atoms with Crippen LogP contribution in [-0.4, -0.2) is 41.6 Å². The van der Waals surface area contributed by atoms with E-state index >= 15 is 0 Å². The maximum Gasteiger partial charge on any atom is 0.239 e. The summed E-state index contributed by atoms with van der Waals surface area (Å²) in [5.41, 5.74) is 3.69. The molecule has 0 atom stereocenters. The summed E-state index contributed by atoms with van der Waals surface area (Å²) in [6.45, 7) is 4.49. The Morgan fingerprint density at radius 1 is 0.971 bits per heavy atom. The van der Waals surface area contributed by atoms with Gasteiger partial charge in [-0.25, -0.2) is 0 Å². The lowest BCUT2D eigenvalue weighted by molar-refractivity contribution is -0.121. The molecule has 1 amide bonds. The molecule has 1 saturated heterocycles. The zero-order valence-corrected chi connectivity index (χ0v) is 20.5. The second-order valence-corrected chi connectivity index (χ2v) is 10.3. The van der Waals surface area contributed by atoms with E-state index in [4.69, 9.17) is 0 Å². The Kier molecular flexibility index (Phi) is 7.42. The molecule has 0 aliphatic carbocycles. The highest BCUT2D eigenvalue weighted by Crippen LogP contribution is 2.31. The van der Waals surface area contributed by atoms with Crippen LogP contribution in [0.5, 0.6) is 0 Å². The molecule has 3 heterocycles. The fourth-order valence-electron chi connectivity index (χ4n) is 5.10. The average molecular weight is 472 g/mol. The third-order valence-electron chi connectivity index (χ3n) is 6.93. The molecule has 176 valence electrons. The van der Waals surface area contributed by atoms with Crippen molar-refractivity contribution in [3.8, 4) is 10.6 Å². The van der Waals surface area contributed by atoms with Gasteiger partial charge in [-0.2, -0.15) is 0 Å². The van der Waals surface area contributed by atoms with E-state index in [1.54, 1.807) is 11.3 Å². The van der Waals surface area contributed by atoms with E-state index in [0.29, 0.717) is 6.54 Å². The van der Waals surface area contributed by atoms with Crippen molar-refractivity contribution in [2.24, 2.45) is 5.92 Å². The lowest BCUT2D eigenvalue weighted by Crippen LogP contribution is -2.37. The number of aromatic nitrogens is 1. The first kappa shape index (κ1) is 22.9. The van der Waals surface area contributed by atoms with Crippen molar-refractivity contribution in [1.29, 1.82) is 0 Å². The Morgan fingerprint density at radius 2 is 1.76 bits per heavy atom. The number of benzene rings is 2. The molecule has 0 bridgehead atoms. The molecule has 4 aromatic rings. The fraction of sp³-hybridized carbons (Fsp3) is 0.345. The molecule has 1 fully saturated rings. The van der Waals surface area contributed by atoms with Crippen molar-refractivity contribution in [2.75, 3.05) is 26.2 Å². The van der Waals surface area contributed by atoms with Crippen molar-refractivity contribution >= 4 is 28.1 Å². The second-order valence-electron chi connectivity index (χ2n) is 9.33. The number of piperidine rings is 1. The van der Waals surface area contributed by atoms with E-state index in [9.17, 15) is 4.79 Å². The van der Waals surface area contributed by atoms with Crippen LogP contribution in [0.15, 0.2) is 78.2 Å². The second kappa shape index (κ2) is 11.0. The minimum Gasteiger partial charge on any atom is -0.355 e. The number of hydrogen-bond donors (Lipinski definition) is 1. The highest BCUT2D eigenvalue weighted by atomic mass is 32.1. The first-order chi connectivity index (χ1) is 16.8. The summed E-state index contributed by atoms with van der Waals surface area (Å²) >= 11 is 1.71. The number of nitrogens with one attached hydrogen (secondary N) is 1. The number of fused-ring (bicyclic) bond motifs is 1. The summed E-state index contributed by atoms with van der Waals surface area (Å²) in [7, 11) is 0. The number of rotatable bonds is 9. The molecule has 4 nitrogen and oxygen atoms in total. The van der Waals surface area contributed by atoms with Gasteiger partial charge in [0.15, 0.2) is 0 Å². The minimum atomic E-state index is 0.0840. The SMILES string of the molecule is O=C(Cn1c(-c2cccs2)cc2ccccc21)NCCCN1CCC(Cc2ccccc2)CC1. The van der Waals surface area contributed by atoms with Crippen LogP contribution in [0.2, 0.25) is 0 Å². The summed E-state index contributed by atoms with van der Waals surface area (Å²) in [4.78, 5) is 16.6. The van der Waals surface area contributed by atoms with Gasteiger partial charge < -0.3 is 14.8 Å². The van der Waals surface area contributed by atoms with Crippen molar-refractivity contribution < 1.29 is 4.79 Å². The van der Waals surface area contributed by atoms with Crippen LogP contribution in [0.1, 0.15) is 24.8 Å². The summed E-state index contributed by atoms with van der Waals surface area (Å²) in [6.07, 6.45) is 4.74. The maximum absolute atomic E-state index is 12.8. The topological polar surface area (TPSA) is 37.3 Å². The molecule has 0 unspecified atom stereocenters. The molecule has 2 aromatic carbocycles. The molecule has 0 spiro atoms. The molecule has 1 aliphatic rings. The predicted octanol–water partition coefficient (Wildman–Crippen LogP) is 5.83. The van der Waals surface area contributed by atoms with Gasteiger partial charge in [0.05, 0.1) is 10.6 Å². The molecule has 5 rings (SSSR count). The number of likely N-dealkylation sites (tertiary alicyclic amines) is 1. The lowest BCUT2D eigenvalue weighted by Gasteiger charge is -2.32. The van der Waals surface area contributed by atoms with Gasteiger partial charge in [0.1, 0.15) is 6.54 Å². The van der Waals surface area contributed by atoms with Crippen LogP contribution in [-0.2, 0) is 17.8 Å². The number of nitrogens with zero attached hydrogens (tertiary/aromatic N) is 2. The first-order valence-electron chi connectivity index (χ1n) is 12.4. The molecule has 0 saturated carbocycles.